The molecule has 5 rings (SSSR count). The Morgan fingerprint density at radius 2 is 2.03 bits per heavy atom. The van der Waals surface area contributed by atoms with Gasteiger partial charge in [0, 0.05) is 55.9 Å². The Kier molecular flexibility index (Phi) is 7.08. The van der Waals surface area contributed by atoms with Gasteiger partial charge >= 0.3 is 0 Å². The summed E-state index contributed by atoms with van der Waals surface area (Å²) < 4.78 is 5.72. The van der Waals surface area contributed by atoms with Crippen molar-refractivity contribution in [3.8, 4) is 16.9 Å². The number of likely N-dealkylation sites (N-methyl/N-ethyl adjacent to an activating group) is 2. The number of methoxy groups -OCH3 is 1. The molecule has 1 amide bonds. The zero-order valence-corrected chi connectivity index (χ0v) is 22.0. The second-order valence-electron chi connectivity index (χ2n) is 9.05. The molecular weight excluding hydrogens is 504 g/mol. The summed E-state index contributed by atoms with van der Waals surface area (Å²) in [7, 11) is 5.68. The molecule has 38 heavy (non-hydrogen) atoms. The molecule has 11 heteroatoms. The van der Waals surface area contributed by atoms with Gasteiger partial charge in [0.2, 0.25) is 11.9 Å². The van der Waals surface area contributed by atoms with E-state index in [-0.39, 0.29) is 5.91 Å². The maximum absolute atomic E-state index is 12.3. The van der Waals surface area contributed by atoms with Crippen molar-refractivity contribution in [1.82, 2.24) is 24.8 Å². The summed E-state index contributed by atoms with van der Waals surface area (Å²) in [5, 5.41) is 6.69. The Labute approximate surface area is 225 Å². The van der Waals surface area contributed by atoms with Gasteiger partial charge in [0.25, 0.3) is 0 Å². The summed E-state index contributed by atoms with van der Waals surface area (Å²) in [5.41, 5.74) is 4.94. The van der Waals surface area contributed by atoms with Crippen molar-refractivity contribution in [3.63, 3.8) is 0 Å². The van der Waals surface area contributed by atoms with Crippen LogP contribution >= 0.6 is 11.6 Å². The van der Waals surface area contributed by atoms with E-state index in [0.717, 1.165) is 29.9 Å². The molecule has 1 aliphatic rings. The zero-order valence-electron chi connectivity index (χ0n) is 21.3. The first-order valence-electron chi connectivity index (χ1n) is 11.9. The van der Waals surface area contributed by atoms with Crippen LogP contribution in [-0.4, -0.2) is 71.1 Å². The van der Waals surface area contributed by atoms with E-state index in [1.165, 1.54) is 6.08 Å². The highest BCUT2D eigenvalue weighted by atomic mass is 35.5. The van der Waals surface area contributed by atoms with E-state index in [1.54, 1.807) is 31.9 Å². The van der Waals surface area contributed by atoms with Crippen LogP contribution in [0.1, 0.15) is 0 Å². The number of hydrogen-bond donors (Lipinski definition) is 2. The van der Waals surface area contributed by atoms with Gasteiger partial charge in [-0.25, -0.2) is 9.97 Å². The summed E-state index contributed by atoms with van der Waals surface area (Å²) >= 11 is 6.17. The van der Waals surface area contributed by atoms with E-state index in [0.29, 0.717) is 45.2 Å². The molecule has 10 nitrogen and oxygen atoms in total. The fraction of sp³-hybridized carbons (Fsp3) is 0.222. The topological polar surface area (TPSA) is 108 Å². The lowest BCUT2D eigenvalue weighted by Crippen LogP contribution is -2.56. The Bertz CT molecular complexity index is 1520. The minimum atomic E-state index is -0.311. The maximum atomic E-state index is 12.3. The van der Waals surface area contributed by atoms with E-state index < -0.39 is 0 Å². The van der Waals surface area contributed by atoms with Crippen LogP contribution in [0.15, 0.2) is 61.7 Å². The minimum Gasteiger partial charge on any atom is -0.494 e. The molecule has 2 N–H and O–H groups in total. The van der Waals surface area contributed by atoms with Crippen LogP contribution in [0.2, 0.25) is 5.02 Å². The predicted molar refractivity (Wildman–Crippen MR) is 150 cm³/mol. The second-order valence-corrected chi connectivity index (χ2v) is 9.49. The summed E-state index contributed by atoms with van der Waals surface area (Å²) in [6.45, 7) is 5.44. The van der Waals surface area contributed by atoms with Gasteiger partial charge in [-0.3, -0.25) is 14.8 Å². The lowest BCUT2D eigenvalue weighted by Gasteiger charge is -2.43. The molecule has 3 aromatic heterocycles. The highest BCUT2D eigenvalue weighted by Crippen LogP contribution is 2.39. The van der Waals surface area contributed by atoms with Crippen LogP contribution in [0, 0.1) is 0 Å². The number of pyridine rings is 2. The predicted octanol–water partition coefficient (Wildman–Crippen LogP) is 4.37. The average Bonchev–Trinajstić information content (AvgIpc) is 2.90. The first-order valence-corrected chi connectivity index (χ1v) is 12.3. The monoisotopic (exact) mass is 530 g/mol. The molecule has 0 saturated carbocycles. The first kappa shape index (κ1) is 25.4. The molecule has 1 fully saturated rings. The van der Waals surface area contributed by atoms with Gasteiger partial charge in [-0.1, -0.05) is 18.2 Å². The molecule has 0 radical (unpaired) electrons. The van der Waals surface area contributed by atoms with Crippen molar-refractivity contribution in [2.75, 3.05) is 49.8 Å². The third-order valence-electron chi connectivity index (χ3n) is 6.48. The molecule has 0 bridgehead atoms. The molecule has 1 aliphatic heterocycles. The molecular formula is C27H27ClN8O2. The van der Waals surface area contributed by atoms with E-state index in [1.807, 2.05) is 31.3 Å². The summed E-state index contributed by atoms with van der Waals surface area (Å²) in [5.74, 6) is 0.599. The van der Waals surface area contributed by atoms with Crippen molar-refractivity contribution in [3.05, 3.63) is 66.7 Å². The SMILES string of the molecule is C=CC(=O)Nc1cc(Nc2ncc3nccc(-c4cncc(Cl)c4)c3n2)c(OC)cc1N(C)C1CN(C)C1. The normalized spacial score (nSPS) is 13.6. The van der Waals surface area contributed by atoms with Gasteiger partial charge in [0.05, 0.1) is 41.4 Å². The molecule has 0 aliphatic carbocycles. The Morgan fingerprint density at radius 1 is 1.21 bits per heavy atom. The fourth-order valence-electron chi connectivity index (χ4n) is 4.43. The molecule has 194 valence electrons. The molecule has 0 spiro atoms. The molecule has 4 heterocycles. The molecule has 0 atom stereocenters. The van der Waals surface area contributed by atoms with Crippen LogP contribution in [0.4, 0.5) is 23.0 Å². The molecule has 1 saturated heterocycles. The number of nitrogens with one attached hydrogen (secondary N) is 2. The number of aromatic nitrogens is 4. The number of amides is 1. The first-order chi connectivity index (χ1) is 18.4. The number of anilines is 4. The summed E-state index contributed by atoms with van der Waals surface area (Å²) in [6, 6.07) is 7.71. The highest BCUT2D eigenvalue weighted by molar-refractivity contribution is 6.30. The Balaban J connectivity index is 1.54. The number of nitrogens with zero attached hydrogens (tertiary/aromatic N) is 6. The zero-order chi connectivity index (χ0) is 26.8. The summed E-state index contributed by atoms with van der Waals surface area (Å²) in [6.07, 6.45) is 7.89. The van der Waals surface area contributed by atoms with Gasteiger partial charge in [-0.2, -0.15) is 0 Å². The van der Waals surface area contributed by atoms with Crippen LogP contribution in [0.3, 0.4) is 0 Å². The van der Waals surface area contributed by atoms with Crippen LogP contribution in [0.25, 0.3) is 22.2 Å². The van der Waals surface area contributed by atoms with Crippen molar-refractivity contribution in [2.24, 2.45) is 0 Å². The van der Waals surface area contributed by atoms with Gasteiger partial charge < -0.3 is 25.2 Å². The number of likely N-dealkylation sites (tertiary alicyclic amines) is 1. The number of ether oxygens (including phenoxy) is 1. The third kappa shape index (κ3) is 5.09. The lowest BCUT2D eigenvalue weighted by atomic mass is 10.1. The van der Waals surface area contributed by atoms with Gasteiger partial charge in [-0.15, -0.1) is 0 Å². The third-order valence-corrected chi connectivity index (χ3v) is 6.68. The van der Waals surface area contributed by atoms with Crippen molar-refractivity contribution < 1.29 is 9.53 Å². The molecule has 4 aromatic rings. The quantitative estimate of drug-likeness (QED) is 0.321. The minimum absolute atomic E-state index is 0.311. The van der Waals surface area contributed by atoms with Crippen LogP contribution in [-0.2, 0) is 4.79 Å². The van der Waals surface area contributed by atoms with E-state index in [4.69, 9.17) is 21.3 Å². The number of fused-ring (bicyclic) bond motifs is 1. The van der Waals surface area contributed by atoms with Crippen molar-refractivity contribution in [2.45, 2.75) is 6.04 Å². The number of carbonyl (C=O) groups is 1. The number of hydrogen-bond acceptors (Lipinski definition) is 9. The van der Waals surface area contributed by atoms with E-state index in [2.05, 4.69) is 49.0 Å². The number of rotatable bonds is 8. The highest BCUT2D eigenvalue weighted by Gasteiger charge is 2.29. The molecule has 1 aromatic carbocycles. The van der Waals surface area contributed by atoms with Crippen molar-refractivity contribution in [1.29, 1.82) is 0 Å². The second kappa shape index (κ2) is 10.6. The van der Waals surface area contributed by atoms with Crippen molar-refractivity contribution >= 4 is 51.6 Å². The molecule has 0 unspecified atom stereocenters. The Hall–Kier alpha value is -4.28. The number of carbonyl (C=O) groups excluding carboxylic acids is 1. The maximum Gasteiger partial charge on any atom is 0.247 e. The number of benzene rings is 1. The number of halogens is 1. The Morgan fingerprint density at radius 3 is 2.74 bits per heavy atom. The fourth-order valence-corrected chi connectivity index (χ4v) is 4.60. The standard InChI is InChI=1S/C27H27ClN8O2/c1-5-25(37)32-20-9-21(24(38-4)10-23(20)36(3)18-14-35(2)15-18)33-27-31-13-22-26(34-27)19(6-7-30-22)16-8-17(28)12-29-11-16/h5-13,18H,1,14-15H2,2-4H3,(H,32,37)(H,31,33,34). The lowest BCUT2D eigenvalue weighted by molar-refractivity contribution is -0.111. The largest absolute Gasteiger partial charge is 0.494 e. The van der Waals surface area contributed by atoms with E-state index in [9.17, 15) is 4.79 Å². The van der Waals surface area contributed by atoms with Crippen LogP contribution in [0.5, 0.6) is 5.75 Å². The smallest absolute Gasteiger partial charge is 0.247 e. The van der Waals surface area contributed by atoms with E-state index >= 15 is 0 Å². The van der Waals surface area contributed by atoms with Crippen LogP contribution < -0.4 is 20.3 Å². The van der Waals surface area contributed by atoms with Gasteiger partial charge in [-0.05, 0) is 31.3 Å². The average molecular weight is 531 g/mol. The van der Waals surface area contributed by atoms with Gasteiger partial charge in [0.15, 0.2) is 0 Å². The summed E-state index contributed by atoms with van der Waals surface area (Å²) in [4.78, 5) is 34.4. The van der Waals surface area contributed by atoms with Gasteiger partial charge in [0.1, 0.15) is 16.8 Å².